The molecule has 0 aliphatic carbocycles. The van der Waals surface area contributed by atoms with Crippen LogP contribution in [0.1, 0.15) is 22.7 Å². The summed E-state index contributed by atoms with van der Waals surface area (Å²) in [4.78, 5) is 14.8. The van der Waals surface area contributed by atoms with E-state index in [9.17, 15) is 4.79 Å². The summed E-state index contributed by atoms with van der Waals surface area (Å²) in [5.41, 5.74) is 3.92. The van der Waals surface area contributed by atoms with Gasteiger partial charge in [-0.25, -0.2) is 0 Å². The molecule has 170 valence electrons. The highest BCUT2D eigenvalue weighted by molar-refractivity contribution is 5.89. The van der Waals surface area contributed by atoms with E-state index in [1.54, 1.807) is 11.8 Å². The van der Waals surface area contributed by atoms with Gasteiger partial charge in [0.25, 0.3) is 5.95 Å². The number of allylic oxidation sites excluding steroid dienone is 1. The maximum Gasteiger partial charge on any atom is 0.251 e. The van der Waals surface area contributed by atoms with E-state index in [1.807, 2.05) is 89.8 Å². The topological polar surface area (TPSA) is 85.2 Å². The van der Waals surface area contributed by atoms with Crippen LogP contribution in [0.3, 0.4) is 0 Å². The molecule has 8 nitrogen and oxygen atoms in total. The normalized spacial score (nSPS) is 14.8. The van der Waals surface area contributed by atoms with Gasteiger partial charge >= 0.3 is 0 Å². The van der Waals surface area contributed by atoms with E-state index >= 15 is 0 Å². The molecule has 0 saturated carbocycles. The molecule has 2 heterocycles. The minimum Gasteiger partial charge on any atom is -0.497 e. The Bertz CT molecular complexity index is 1290. The van der Waals surface area contributed by atoms with Crippen LogP contribution < -0.4 is 15.0 Å². The number of methoxy groups -OCH3 is 1. The average molecular weight is 453 g/mol. The van der Waals surface area contributed by atoms with E-state index in [1.165, 1.54) is 0 Å². The van der Waals surface area contributed by atoms with E-state index in [0.29, 0.717) is 12.5 Å². The zero-order chi connectivity index (χ0) is 23.3. The summed E-state index contributed by atoms with van der Waals surface area (Å²) in [7, 11) is 1.63. The number of benzene rings is 3. The maximum atomic E-state index is 13.0. The second kappa shape index (κ2) is 9.58. The Kier molecular flexibility index (Phi) is 6.03. The lowest BCUT2D eigenvalue weighted by atomic mass is 10.0. The molecule has 0 fully saturated rings. The smallest absolute Gasteiger partial charge is 0.251 e. The summed E-state index contributed by atoms with van der Waals surface area (Å²) in [5.74, 6) is 1.17. The number of rotatable bonds is 7. The van der Waals surface area contributed by atoms with Crippen molar-refractivity contribution < 1.29 is 9.53 Å². The molecule has 1 aliphatic rings. The molecule has 0 bridgehead atoms. The number of hydrogen-bond donors (Lipinski definition) is 1. The van der Waals surface area contributed by atoms with Crippen molar-refractivity contribution in [3.8, 4) is 5.75 Å². The zero-order valence-electron chi connectivity index (χ0n) is 18.7. The molecular formula is C26H24N6O2. The number of carbonyl (C=O) groups is 1. The molecule has 0 spiro atoms. The first kappa shape index (κ1) is 21.4. The van der Waals surface area contributed by atoms with Crippen LogP contribution in [0.4, 0.5) is 5.95 Å². The predicted molar refractivity (Wildman–Crippen MR) is 129 cm³/mol. The third-order valence-corrected chi connectivity index (χ3v) is 5.75. The van der Waals surface area contributed by atoms with Crippen LogP contribution in [0.15, 0.2) is 91.0 Å². The van der Waals surface area contributed by atoms with Gasteiger partial charge < -0.3 is 10.1 Å². The summed E-state index contributed by atoms with van der Waals surface area (Å²) >= 11 is 0. The van der Waals surface area contributed by atoms with Gasteiger partial charge in [0, 0.05) is 6.54 Å². The van der Waals surface area contributed by atoms with E-state index in [4.69, 9.17) is 4.74 Å². The van der Waals surface area contributed by atoms with E-state index in [2.05, 4.69) is 26.9 Å². The Balaban J connectivity index is 1.42. The monoisotopic (exact) mass is 452 g/mol. The number of nitrogens with one attached hydrogen (secondary N) is 1. The molecular weight excluding hydrogens is 428 g/mol. The molecule has 1 aliphatic heterocycles. The molecule has 4 aromatic rings. The van der Waals surface area contributed by atoms with Crippen LogP contribution in [0.25, 0.3) is 5.70 Å². The van der Waals surface area contributed by atoms with Crippen LogP contribution in [-0.2, 0) is 11.3 Å². The van der Waals surface area contributed by atoms with Gasteiger partial charge in [-0.15, -0.1) is 0 Å². The van der Waals surface area contributed by atoms with Crippen molar-refractivity contribution in [3.63, 3.8) is 0 Å². The van der Waals surface area contributed by atoms with Crippen molar-refractivity contribution in [2.75, 3.05) is 18.6 Å². The van der Waals surface area contributed by atoms with Gasteiger partial charge in [0.05, 0.1) is 12.8 Å². The third kappa shape index (κ3) is 4.38. The third-order valence-electron chi connectivity index (χ3n) is 5.75. The van der Waals surface area contributed by atoms with Gasteiger partial charge in [-0.05, 0) is 45.3 Å². The number of tetrazole rings is 1. The number of fused-ring (bicyclic) bond motifs is 1. The van der Waals surface area contributed by atoms with Crippen LogP contribution in [0.5, 0.6) is 5.75 Å². The van der Waals surface area contributed by atoms with Crippen molar-refractivity contribution in [1.82, 2.24) is 25.5 Å². The van der Waals surface area contributed by atoms with Gasteiger partial charge in [-0.1, -0.05) is 77.9 Å². The average Bonchev–Trinajstić information content (AvgIpc) is 3.39. The van der Waals surface area contributed by atoms with Gasteiger partial charge in [0.1, 0.15) is 18.3 Å². The lowest BCUT2D eigenvalue weighted by Gasteiger charge is -2.32. The number of hydrogen-bond acceptors (Lipinski definition) is 6. The number of amides is 1. The second-order valence-corrected chi connectivity index (χ2v) is 7.91. The Morgan fingerprint density at radius 2 is 1.68 bits per heavy atom. The van der Waals surface area contributed by atoms with Crippen molar-refractivity contribution in [1.29, 1.82) is 0 Å². The lowest BCUT2D eigenvalue weighted by molar-refractivity contribution is -0.119. The molecule has 0 unspecified atom stereocenters. The van der Waals surface area contributed by atoms with Crippen LogP contribution in [-0.4, -0.2) is 39.8 Å². The molecule has 1 N–H and O–H groups in total. The first-order valence-electron chi connectivity index (χ1n) is 11.0. The second-order valence-electron chi connectivity index (χ2n) is 7.91. The summed E-state index contributed by atoms with van der Waals surface area (Å²) < 4.78 is 6.94. The molecule has 0 radical (unpaired) electrons. The number of ether oxygens (including phenoxy) is 1. The number of nitrogens with zero attached hydrogens (tertiary/aromatic N) is 5. The Morgan fingerprint density at radius 3 is 2.38 bits per heavy atom. The van der Waals surface area contributed by atoms with Crippen LogP contribution in [0.2, 0.25) is 0 Å². The predicted octanol–water partition coefficient (Wildman–Crippen LogP) is 3.45. The largest absolute Gasteiger partial charge is 0.497 e. The first-order chi connectivity index (χ1) is 16.7. The quantitative estimate of drug-likeness (QED) is 0.462. The van der Waals surface area contributed by atoms with Crippen molar-refractivity contribution in [2.24, 2.45) is 0 Å². The van der Waals surface area contributed by atoms with E-state index in [-0.39, 0.29) is 18.5 Å². The minimum atomic E-state index is -0.181. The molecule has 3 aromatic carbocycles. The highest BCUT2D eigenvalue weighted by Crippen LogP contribution is 2.35. The molecule has 0 saturated heterocycles. The van der Waals surface area contributed by atoms with Gasteiger partial charge in [0.2, 0.25) is 5.91 Å². The summed E-state index contributed by atoms with van der Waals surface area (Å²) in [6.45, 7) is 0.497. The molecule has 5 rings (SSSR count). The van der Waals surface area contributed by atoms with Gasteiger partial charge in [-0.3, -0.25) is 9.69 Å². The Hall–Kier alpha value is -4.46. The van der Waals surface area contributed by atoms with E-state index < -0.39 is 0 Å². The summed E-state index contributed by atoms with van der Waals surface area (Å²) in [5, 5.41) is 15.4. The summed E-state index contributed by atoms with van der Waals surface area (Å²) in [6.07, 6.45) is 2.10. The summed E-state index contributed by atoms with van der Waals surface area (Å²) in [6, 6.07) is 27.5. The maximum absolute atomic E-state index is 13.0. The minimum absolute atomic E-state index is 0.0821. The molecule has 34 heavy (non-hydrogen) atoms. The van der Waals surface area contributed by atoms with Crippen LogP contribution >= 0.6 is 0 Å². The zero-order valence-corrected chi connectivity index (χ0v) is 18.7. The van der Waals surface area contributed by atoms with Crippen molar-refractivity contribution in [2.45, 2.75) is 12.6 Å². The SMILES string of the molecule is COc1ccc(CNC(=O)CN2C(c3ccccc3)=C[C@H](c3ccccc3)n3nnnc32)cc1. The fourth-order valence-electron chi connectivity index (χ4n) is 4.01. The Morgan fingerprint density at radius 1 is 0.971 bits per heavy atom. The standard InChI is InChI=1S/C26H24N6O2/c1-34-22-14-12-19(13-15-22)17-27-25(33)18-31-23(20-8-4-2-5-9-20)16-24(21-10-6-3-7-11-21)32-26(31)28-29-30-32/h2-16,24H,17-18H2,1H3,(H,27,33)/t24-/m1/s1. The van der Waals surface area contributed by atoms with Crippen molar-refractivity contribution >= 4 is 17.6 Å². The highest BCUT2D eigenvalue weighted by atomic mass is 16.5. The number of anilines is 1. The molecule has 1 atom stereocenters. The highest BCUT2D eigenvalue weighted by Gasteiger charge is 2.31. The lowest BCUT2D eigenvalue weighted by Crippen LogP contribution is -2.39. The van der Waals surface area contributed by atoms with Crippen LogP contribution in [0, 0.1) is 0 Å². The molecule has 1 amide bonds. The van der Waals surface area contributed by atoms with E-state index in [0.717, 1.165) is 28.1 Å². The van der Waals surface area contributed by atoms with Gasteiger partial charge in [-0.2, -0.15) is 4.68 Å². The van der Waals surface area contributed by atoms with Gasteiger partial charge in [0.15, 0.2) is 0 Å². The Labute approximate surface area is 197 Å². The fraction of sp³-hybridized carbons (Fsp3) is 0.154. The van der Waals surface area contributed by atoms with Crippen molar-refractivity contribution in [3.05, 3.63) is 108 Å². The number of aromatic nitrogens is 4. The first-order valence-corrected chi connectivity index (χ1v) is 11.0. The molecule has 8 heteroatoms. The fourth-order valence-corrected chi connectivity index (χ4v) is 4.01. The molecule has 1 aromatic heterocycles. The number of carbonyl (C=O) groups excluding carboxylic acids is 1.